The Labute approximate surface area is 112 Å². The van der Waals surface area contributed by atoms with Crippen LogP contribution in [0.3, 0.4) is 0 Å². The molecule has 2 rings (SSSR count). The van der Waals surface area contributed by atoms with Crippen LogP contribution >= 0.6 is 11.8 Å². The number of benzene rings is 1. The van der Waals surface area contributed by atoms with Crippen LogP contribution in [0.5, 0.6) is 0 Å². The van der Waals surface area contributed by atoms with Gasteiger partial charge in [-0.1, -0.05) is 13.8 Å². The molecular formula is C14H20FNOS. The van der Waals surface area contributed by atoms with Crippen LogP contribution < -0.4 is 5.32 Å². The van der Waals surface area contributed by atoms with Crippen molar-refractivity contribution in [2.45, 2.75) is 31.2 Å². The van der Waals surface area contributed by atoms with Gasteiger partial charge in [0.05, 0.1) is 0 Å². The lowest BCUT2D eigenvalue weighted by atomic mass is 9.93. The van der Waals surface area contributed by atoms with Crippen molar-refractivity contribution in [3.05, 3.63) is 29.6 Å². The van der Waals surface area contributed by atoms with E-state index in [0.29, 0.717) is 0 Å². The zero-order valence-electron chi connectivity index (χ0n) is 10.9. The summed E-state index contributed by atoms with van der Waals surface area (Å²) < 4.78 is 13.3. The maximum atomic E-state index is 13.3. The summed E-state index contributed by atoms with van der Waals surface area (Å²) in [5.74, 6) is 0.875. The minimum Gasteiger partial charge on any atom is -0.396 e. The van der Waals surface area contributed by atoms with Crippen molar-refractivity contribution in [2.24, 2.45) is 5.41 Å². The summed E-state index contributed by atoms with van der Waals surface area (Å²) in [5, 5.41) is 12.7. The van der Waals surface area contributed by atoms with Crippen molar-refractivity contribution < 1.29 is 9.50 Å². The Bertz CT molecular complexity index is 422. The van der Waals surface area contributed by atoms with Crippen molar-refractivity contribution in [1.29, 1.82) is 0 Å². The first-order valence-electron chi connectivity index (χ1n) is 6.28. The quantitative estimate of drug-likeness (QED) is 0.881. The van der Waals surface area contributed by atoms with Crippen LogP contribution in [0, 0.1) is 11.2 Å². The molecule has 1 aliphatic rings. The molecule has 0 amide bonds. The Kier molecular flexibility index (Phi) is 4.30. The van der Waals surface area contributed by atoms with E-state index in [1.807, 2.05) is 19.9 Å². The molecule has 0 fully saturated rings. The average molecular weight is 269 g/mol. The van der Waals surface area contributed by atoms with E-state index >= 15 is 0 Å². The molecule has 1 unspecified atom stereocenters. The van der Waals surface area contributed by atoms with Crippen LogP contribution in [0.4, 0.5) is 4.39 Å². The fraction of sp³-hybridized carbons (Fsp3) is 0.571. The molecule has 0 spiro atoms. The van der Waals surface area contributed by atoms with Crippen molar-refractivity contribution in [3.8, 4) is 0 Å². The standard InChI is InChI=1S/C14H20FNOS/c1-14(2,9-17)8-16-12-5-6-18-13-4-3-10(15)7-11(12)13/h3-4,7,12,16-17H,5-6,8-9H2,1-2H3. The molecule has 100 valence electrons. The maximum absolute atomic E-state index is 13.3. The lowest BCUT2D eigenvalue weighted by Crippen LogP contribution is -2.35. The van der Waals surface area contributed by atoms with Gasteiger partial charge in [-0.15, -0.1) is 11.8 Å². The summed E-state index contributed by atoms with van der Waals surface area (Å²) in [4.78, 5) is 1.17. The predicted octanol–water partition coefficient (Wildman–Crippen LogP) is 2.97. The summed E-state index contributed by atoms with van der Waals surface area (Å²) in [6.07, 6.45) is 1.00. The van der Waals surface area contributed by atoms with Gasteiger partial charge in [-0.2, -0.15) is 0 Å². The Balaban J connectivity index is 2.10. The molecule has 1 aromatic carbocycles. The number of rotatable bonds is 4. The number of hydrogen-bond donors (Lipinski definition) is 2. The minimum atomic E-state index is -0.176. The highest BCUT2D eigenvalue weighted by Crippen LogP contribution is 2.36. The van der Waals surface area contributed by atoms with E-state index < -0.39 is 0 Å². The second kappa shape index (κ2) is 5.59. The molecule has 0 aliphatic carbocycles. The van der Waals surface area contributed by atoms with Crippen LogP contribution in [-0.4, -0.2) is 24.0 Å². The highest BCUT2D eigenvalue weighted by Gasteiger charge is 2.24. The largest absolute Gasteiger partial charge is 0.396 e. The SMILES string of the molecule is CC(C)(CO)CNC1CCSc2ccc(F)cc21. The molecule has 2 N–H and O–H groups in total. The predicted molar refractivity (Wildman–Crippen MR) is 73.4 cm³/mol. The van der Waals surface area contributed by atoms with E-state index in [1.165, 1.54) is 11.0 Å². The Morgan fingerprint density at radius 2 is 2.28 bits per heavy atom. The Morgan fingerprint density at radius 3 is 3.00 bits per heavy atom. The van der Waals surface area contributed by atoms with E-state index in [9.17, 15) is 9.50 Å². The molecule has 0 bridgehead atoms. The van der Waals surface area contributed by atoms with Gasteiger partial charge in [-0.25, -0.2) is 4.39 Å². The molecule has 2 nitrogen and oxygen atoms in total. The van der Waals surface area contributed by atoms with Crippen LogP contribution in [0.1, 0.15) is 31.9 Å². The smallest absolute Gasteiger partial charge is 0.123 e. The second-order valence-electron chi connectivity index (χ2n) is 5.58. The second-order valence-corrected chi connectivity index (χ2v) is 6.71. The minimum absolute atomic E-state index is 0.141. The summed E-state index contributed by atoms with van der Waals surface area (Å²) in [6.45, 7) is 4.92. The molecule has 0 saturated carbocycles. The van der Waals surface area contributed by atoms with Gasteiger partial charge in [0, 0.05) is 29.5 Å². The molecule has 0 radical (unpaired) electrons. The van der Waals surface area contributed by atoms with Crippen LogP contribution in [-0.2, 0) is 0 Å². The van der Waals surface area contributed by atoms with Crippen molar-refractivity contribution >= 4 is 11.8 Å². The number of aliphatic hydroxyl groups is 1. The molecule has 1 aliphatic heterocycles. The molecule has 1 aromatic rings. The zero-order valence-corrected chi connectivity index (χ0v) is 11.7. The van der Waals surface area contributed by atoms with E-state index in [4.69, 9.17) is 0 Å². The average Bonchev–Trinajstić information content (AvgIpc) is 2.36. The van der Waals surface area contributed by atoms with Gasteiger partial charge >= 0.3 is 0 Å². The number of thioether (sulfide) groups is 1. The first-order chi connectivity index (χ1) is 8.52. The van der Waals surface area contributed by atoms with Gasteiger partial charge < -0.3 is 10.4 Å². The molecule has 4 heteroatoms. The van der Waals surface area contributed by atoms with Gasteiger partial charge in [0.2, 0.25) is 0 Å². The lowest BCUT2D eigenvalue weighted by Gasteiger charge is -2.30. The van der Waals surface area contributed by atoms with E-state index in [-0.39, 0.29) is 23.9 Å². The van der Waals surface area contributed by atoms with Crippen LogP contribution in [0.2, 0.25) is 0 Å². The molecular weight excluding hydrogens is 249 g/mol. The third kappa shape index (κ3) is 3.25. The monoisotopic (exact) mass is 269 g/mol. The molecule has 1 heterocycles. The van der Waals surface area contributed by atoms with Gasteiger partial charge in [0.25, 0.3) is 0 Å². The Hall–Kier alpha value is -0.580. The molecule has 0 saturated heterocycles. The van der Waals surface area contributed by atoms with E-state index in [2.05, 4.69) is 5.32 Å². The van der Waals surface area contributed by atoms with Crippen LogP contribution in [0.15, 0.2) is 23.1 Å². The fourth-order valence-electron chi connectivity index (χ4n) is 2.03. The third-order valence-electron chi connectivity index (χ3n) is 3.27. The van der Waals surface area contributed by atoms with Crippen molar-refractivity contribution in [3.63, 3.8) is 0 Å². The van der Waals surface area contributed by atoms with Gasteiger partial charge in [-0.05, 0) is 35.9 Å². The number of aliphatic hydroxyl groups excluding tert-OH is 1. The lowest BCUT2D eigenvalue weighted by molar-refractivity contribution is 0.152. The first-order valence-corrected chi connectivity index (χ1v) is 7.27. The fourth-order valence-corrected chi connectivity index (χ4v) is 3.14. The normalized spacial score (nSPS) is 19.7. The van der Waals surface area contributed by atoms with E-state index in [0.717, 1.165) is 24.3 Å². The zero-order chi connectivity index (χ0) is 13.2. The summed E-state index contributed by atoms with van der Waals surface area (Å²) in [5.41, 5.74) is 0.915. The van der Waals surface area contributed by atoms with Gasteiger partial charge in [0.1, 0.15) is 5.82 Å². The van der Waals surface area contributed by atoms with Gasteiger partial charge in [0.15, 0.2) is 0 Å². The summed E-state index contributed by atoms with van der Waals surface area (Å²) in [6, 6.07) is 5.21. The summed E-state index contributed by atoms with van der Waals surface area (Å²) >= 11 is 1.78. The highest BCUT2D eigenvalue weighted by molar-refractivity contribution is 7.99. The maximum Gasteiger partial charge on any atom is 0.123 e. The van der Waals surface area contributed by atoms with Gasteiger partial charge in [-0.3, -0.25) is 0 Å². The third-order valence-corrected chi connectivity index (χ3v) is 4.39. The highest BCUT2D eigenvalue weighted by atomic mass is 32.2. The number of nitrogens with one attached hydrogen (secondary N) is 1. The van der Waals surface area contributed by atoms with E-state index in [1.54, 1.807) is 17.8 Å². The first kappa shape index (κ1) is 13.8. The number of fused-ring (bicyclic) bond motifs is 1. The molecule has 0 aromatic heterocycles. The van der Waals surface area contributed by atoms with Crippen molar-refractivity contribution in [2.75, 3.05) is 18.9 Å². The summed E-state index contributed by atoms with van der Waals surface area (Å²) in [7, 11) is 0. The Morgan fingerprint density at radius 1 is 1.50 bits per heavy atom. The molecule has 1 atom stereocenters. The topological polar surface area (TPSA) is 32.3 Å². The molecule has 18 heavy (non-hydrogen) atoms. The number of hydrogen-bond acceptors (Lipinski definition) is 3. The number of halogens is 1. The van der Waals surface area contributed by atoms with Crippen molar-refractivity contribution in [1.82, 2.24) is 5.32 Å². The van der Waals surface area contributed by atoms with Crippen LogP contribution in [0.25, 0.3) is 0 Å².